The van der Waals surface area contributed by atoms with E-state index in [0.29, 0.717) is 19.3 Å². The third-order valence-corrected chi connectivity index (χ3v) is 3.95. The third-order valence-electron chi connectivity index (χ3n) is 3.95. The topological polar surface area (TPSA) is 66.4 Å². The fourth-order valence-electron chi connectivity index (χ4n) is 2.41. The van der Waals surface area contributed by atoms with Gasteiger partial charge in [-0.3, -0.25) is 4.79 Å². The highest BCUT2D eigenvalue weighted by molar-refractivity contribution is 5.92. The van der Waals surface area contributed by atoms with Gasteiger partial charge in [-0.2, -0.15) is 0 Å². The Morgan fingerprint density at radius 1 is 1.26 bits per heavy atom. The number of halogens is 1. The molecule has 3 rings (SSSR count). The van der Waals surface area contributed by atoms with Crippen molar-refractivity contribution < 1.29 is 19.1 Å². The lowest BCUT2D eigenvalue weighted by atomic mass is 10.1. The number of carbonyl (C=O) groups excluding carboxylic acids is 1. The van der Waals surface area contributed by atoms with E-state index in [1.165, 1.54) is 12.1 Å². The summed E-state index contributed by atoms with van der Waals surface area (Å²) in [7, 11) is 0. The summed E-state index contributed by atoms with van der Waals surface area (Å²) in [6.07, 6.45) is 1.71. The second-order valence-corrected chi connectivity index (χ2v) is 5.38. The van der Waals surface area contributed by atoms with E-state index in [9.17, 15) is 14.0 Å². The van der Waals surface area contributed by atoms with Crippen LogP contribution in [0.5, 0.6) is 0 Å². The molecule has 1 amide bonds. The van der Waals surface area contributed by atoms with Crippen molar-refractivity contribution in [2.45, 2.75) is 30.7 Å². The minimum Gasteiger partial charge on any atom is -0.480 e. The van der Waals surface area contributed by atoms with Crippen LogP contribution < -0.4 is 5.32 Å². The zero-order chi connectivity index (χ0) is 13.6. The molecule has 2 atom stereocenters. The van der Waals surface area contributed by atoms with E-state index in [-0.39, 0.29) is 23.6 Å². The number of carboxylic acid groups (broad SMARTS) is 1. The molecule has 0 aliphatic heterocycles. The molecular formula is C14H14FNO3. The van der Waals surface area contributed by atoms with Crippen molar-refractivity contribution in [3.63, 3.8) is 0 Å². The smallest absolute Gasteiger partial charge is 0.329 e. The Bertz CT molecular complexity index is 536. The van der Waals surface area contributed by atoms with Crippen molar-refractivity contribution >= 4 is 11.9 Å². The third kappa shape index (κ3) is 2.20. The SMILES string of the molecule is O=C(NC1(C(=O)O)CC1)C1CC1c1ccc(F)cc1. The van der Waals surface area contributed by atoms with E-state index in [2.05, 4.69) is 5.32 Å². The standard InChI is InChI=1S/C14H14FNO3/c15-9-3-1-8(2-4-9)10-7-11(10)12(17)16-14(5-6-14)13(18)19/h1-4,10-11H,5-7H2,(H,16,17)(H,18,19). The normalized spacial score (nSPS) is 26.6. The molecule has 1 aromatic rings. The van der Waals surface area contributed by atoms with Crippen LogP contribution in [0, 0.1) is 11.7 Å². The lowest BCUT2D eigenvalue weighted by Crippen LogP contribution is -2.43. The number of benzene rings is 1. The lowest BCUT2D eigenvalue weighted by Gasteiger charge is -2.12. The number of aliphatic carboxylic acids is 1. The first-order valence-electron chi connectivity index (χ1n) is 6.33. The summed E-state index contributed by atoms with van der Waals surface area (Å²) in [4.78, 5) is 23.0. The summed E-state index contributed by atoms with van der Waals surface area (Å²) < 4.78 is 12.8. The summed E-state index contributed by atoms with van der Waals surface area (Å²) in [5.74, 6) is -1.55. The van der Waals surface area contributed by atoms with Crippen LogP contribution in [0.15, 0.2) is 24.3 Å². The van der Waals surface area contributed by atoms with Gasteiger partial charge in [0.2, 0.25) is 5.91 Å². The number of nitrogens with one attached hydrogen (secondary N) is 1. The average molecular weight is 263 g/mol. The molecule has 2 fully saturated rings. The summed E-state index contributed by atoms with van der Waals surface area (Å²) in [5.41, 5.74) is -0.0887. The van der Waals surface area contributed by atoms with Crippen LogP contribution in [0.4, 0.5) is 4.39 Å². The second-order valence-electron chi connectivity index (χ2n) is 5.38. The number of carbonyl (C=O) groups is 2. The highest BCUT2D eigenvalue weighted by Crippen LogP contribution is 2.48. The first kappa shape index (κ1) is 12.1. The molecule has 2 unspecified atom stereocenters. The zero-order valence-corrected chi connectivity index (χ0v) is 10.2. The van der Waals surface area contributed by atoms with Gasteiger partial charge in [0.05, 0.1) is 0 Å². The van der Waals surface area contributed by atoms with Crippen molar-refractivity contribution in [1.82, 2.24) is 5.32 Å². The summed E-state index contributed by atoms with van der Waals surface area (Å²) in [6, 6.07) is 6.11. The minimum absolute atomic E-state index is 0.0881. The molecule has 2 saturated carbocycles. The summed E-state index contributed by atoms with van der Waals surface area (Å²) in [6.45, 7) is 0. The monoisotopic (exact) mass is 263 g/mol. The van der Waals surface area contributed by atoms with Crippen LogP contribution in [-0.4, -0.2) is 22.5 Å². The number of hydrogen-bond donors (Lipinski definition) is 2. The van der Waals surface area contributed by atoms with Gasteiger partial charge in [0, 0.05) is 5.92 Å². The van der Waals surface area contributed by atoms with Crippen LogP contribution in [0.3, 0.4) is 0 Å². The summed E-state index contributed by atoms with van der Waals surface area (Å²) >= 11 is 0. The molecule has 4 nitrogen and oxygen atoms in total. The predicted molar refractivity (Wildman–Crippen MR) is 65.0 cm³/mol. The fraction of sp³-hybridized carbons (Fsp3) is 0.429. The molecule has 0 radical (unpaired) electrons. The van der Waals surface area contributed by atoms with E-state index >= 15 is 0 Å². The quantitative estimate of drug-likeness (QED) is 0.868. The maximum absolute atomic E-state index is 12.8. The van der Waals surface area contributed by atoms with E-state index < -0.39 is 11.5 Å². The van der Waals surface area contributed by atoms with Gasteiger partial charge in [0.25, 0.3) is 0 Å². The van der Waals surface area contributed by atoms with Crippen LogP contribution in [0.2, 0.25) is 0 Å². The molecule has 0 heterocycles. The molecule has 0 spiro atoms. The fourth-order valence-corrected chi connectivity index (χ4v) is 2.41. The van der Waals surface area contributed by atoms with E-state index in [0.717, 1.165) is 5.56 Å². The van der Waals surface area contributed by atoms with Crippen molar-refractivity contribution in [2.75, 3.05) is 0 Å². The van der Waals surface area contributed by atoms with Gasteiger partial charge in [-0.15, -0.1) is 0 Å². The van der Waals surface area contributed by atoms with Crippen LogP contribution in [0.25, 0.3) is 0 Å². The van der Waals surface area contributed by atoms with Crippen molar-refractivity contribution in [3.05, 3.63) is 35.6 Å². The molecule has 0 bridgehead atoms. The van der Waals surface area contributed by atoms with Gasteiger partial charge in [-0.1, -0.05) is 12.1 Å². The minimum atomic E-state index is -1.02. The Morgan fingerprint density at radius 3 is 2.42 bits per heavy atom. The Kier molecular flexibility index (Phi) is 2.59. The Morgan fingerprint density at radius 2 is 1.89 bits per heavy atom. The molecule has 2 aliphatic rings. The van der Waals surface area contributed by atoms with Crippen molar-refractivity contribution in [3.8, 4) is 0 Å². The zero-order valence-electron chi connectivity index (χ0n) is 10.2. The molecule has 2 aliphatic carbocycles. The summed E-state index contributed by atoms with van der Waals surface area (Å²) in [5, 5.41) is 11.6. The molecule has 5 heteroatoms. The molecule has 1 aromatic carbocycles. The van der Waals surface area contributed by atoms with Crippen LogP contribution in [-0.2, 0) is 9.59 Å². The van der Waals surface area contributed by atoms with Gasteiger partial charge in [-0.25, -0.2) is 9.18 Å². The molecule has 0 saturated heterocycles. The van der Waals surface area contributed by atoms with Gasteiger partial charge in [-0.05, 0) is 42.9 Å². The largest absolute Gasteiger partial charge is 0.480 e. The van der Waals surface area contributed by atoms with Crippen LogP contribution in [0.1, 0.15) is 30.7 Å². The number of carboxylic acids is 1. The molecule has 19 heavy (non-hydrogen) atoms. The van der Waals surface area contributed by atoms with Gasteiger partial charge >= 0.3 is 5.97 Å². The second kappa shape index (κ2) is 4.05. The highest BCUT2D eigenvalue weighted by Gasteiger charge is 2.54. The van der Waals surface area contributed by atoms with Crippen molar-refractivity contribution in [2.24, 2.45) is 5.92 Å². The number of rotatable bonds is 4. The molecule has 2 N–H and O–H groups in total. The van der Waals surface area contributed by atoms with Crippen molar-refractivity contribution in [1.29, 1.82) is 0 Å². The predicted octanol–water partition coefficient (Wildman–Crippen LogP) is 1.66. The first-order valence-corrected chi connectivity index (χ1v) is 6.33. The van der Waals surface area contributed by atoms with Gasteiger partial charge in [0.15, 0.2) is 0 Å². The molecule has 100 valence electrons. The van der Waals surface area contributed by atoms with Gasteiger partial charge in [0.1, 0.15) is 11.4 Å². The Balaban J connectivity index is 1.62. The highest BCUT2D eigenvalue weighted by atomic mass is 19.1. The number of hydrogen-bond acceptors (Lipinski definition) is 2. The van der Waals surface area contributed by atoms with E-state index in [1.807, 2.05) is 0 Å². The maximum Gasteiger partial charge on any atom is 0.329 e. The maximum atomic E-state index is 12.8. The lowest BCUT2D eigenvalue weighted by molar-refractivity contribution is -0.143. The van der Waals surface area contributed by atoms with E-state index in [4.69, 9.17) is 5.11 Å². The van der Waals surface area contributed by atoms with Crippen LogP contribution >= 0.6 is 0 Å². The van der Waals surface area contributed by atoms with Gasteiger partial charge < -0.3 is 10.4 Å². The molecule has 0 aromatic heterocycles. The number of amides is 1. The molecular weight excluding hydrogens is 249 g/mol. The average Bonchev–Trinajstić information content (AvgIpc) is 3.24. The Hall–Kier alpha value is -1.91. The van der Waals surface area contributed by atoms with E-state index in [1.54, 1.807) is 12.1 Å². The first-order chi connectivity index (χ1) is 9.02. The Labute approximate surface area is 109 Å².